The lowest BCUT2D eigenvalue weighted by atomic mass is 9.54. The molecule has 2 aliphatic rings. The minimum absolute atomic E-state index is 0.0629. The molecule has 0 aliphatic heterocycles. The Kier molecular flexibility index (Phi) is 4.50. The number of methoxy groups -OCH3 is 1. The number of fused-ring (bicyclic) bond motifs is 1. The van der Waals surface area contributed by atoms with Crippen LogP contribution in [0.15, 0.2) is 21.3 Å². The lowest BCUT2D eigenvalue weighted by molar-refractivity contribution is -0.133. The van der Waals surface area contributed by atoms with Crippen LogP contribution in [0.3, 0.4) is 0 Å². The maximum Gasteiger partial charge on any atom is 0.213 e. The zero-order valence-electron chi connectivity index (χ0n) is 13.7. The van der Waals surface area contributed by atoms with E-state index in [1.165, 1.54) is 0 Å². The molecule has 2 aliphatic carbocycles. The van der Waals surface area contributed by atoms with Crippen molar-refractivity contribution < 1.29 is 9.53 Å². The Morgan fingerprint density at radius 3 is 2.73 bits per heavy atom. The number of ether oxygens (including phenoxy) is 1. The predicted octanol–water partition coefficient (Wildman–Crippen LogP) is 2.78. The van der Waals surface area contributed by atoms with Gasteiger partial charge in [-0.2, -0.15) is 5.26 Å². The Labute approximate surface area is 131 Å². The van der Waals surface area contributed by atoms with Gasteiger partial charge in [-0.25, -0.2) is 0 Å². The second-order valence-electron chi connectivity index (χ2n) is 6.36. The first kappa shape index (κ1) is 16.4. The lowest BCUT2D eigenvalue weighted by Crippen LogP contribution is -2.48. The number of aliphatic imine (C=N–C) groups is 2. The van der Waals surface area contributed by atoms with Gasteiger partial charge in [0.05, 0.1) is 18.9 Å². The normalized spacial score (nSPS) is 35.7. The average Bonchev–Trinajstić information content (AvgIpc) is 2.51. The molecule has 5 nitrogen and oxygen atoms in total. The first-order chi connectivity index (χ1) is 10.4. The molecule has 0 heterocycles. The molecule has 0 aromatic carbocycles. The Morgan fingerprint density at radius 1 is 1.55 bits per heavy atom. The first-order valence-corrected chi connectivity index (χ1v) is 7.59. The zero-order valence-corrected chi connectivity index (χ0v) is 13.7. The van der Waals surface area contributed by atoms with Crippen molar-refractivity contribution in [2.75, 3.05) is 14.2 Å². The van der Waals surface area contributed by atoms with E-state index in [1.807, 2.05) is 6.92 Å². The van der Waals surface area contributed by atoms with Gasteiger partial charge in [0.2, 0.25) is 5.90 Å². The molecule has 4 atom stereocenters. The number of Topliss-reactive ketones (excluding diaryl/α,β-unsaturated/α-hetero) is 1. The van der Waals surface area contributed by atoms with E-state index in [0.29, 0.717) is 12.3 Å². The van der Waals surface area contributed by atoms with Crippen molar-refractivity contribution in [3.8, 4) is 6.07 Å². The summed E-state index contributed by atoms with van der Waals surface area (Å²) in [6.07, 6.45) is 2.14. The van der Waals surface area contributed by atoms with Crippen LogP contribution in [0.1, 0.15) is 33.1 Å². The monoisotopic (exact) mass is 301 g/mol. The first-order valence-electron chi connectivity index (χ1n) is 7.59. The SMILES string of the molecule is C=NC1=C(/C(=N\C)OC)CC[C@H]2[C@H](C)C(=O)C(C#N)C[C@]12C. The van der Waals surface area contributed by atoms with E-state index in [4.69, 9.17) is 4.74 Å². The predicted molar refractivity (Wildman–Crippen MR) is 85.7 cm³/mol. The van der Waals surface area contributed by atoms with Crippen molar-refractivity contribution in [1.29, 1.82) is 5.26 Å². The summed E-state index contributed by atoms with van der Waals surface area (Å²) in [5.41, 5.74) is 1.46. The van der Waals surface area contributed by atoms with Crippen LogP contribution < -0.4 is 0 Å². The molecule has 0 aromatic heterocycles. The Morgan fingerprint density at radius 2 is 2.23 bits per heavy atom. The zero-order chi connectivity index (χ0) is 16.5. The van der Waals surface area contributed by atoms with Gasteiger partial charge in [-0.15, -0.1) is 0 Å². The van der Waals surface area contributed by atoms with Gasteiger partial charge in [0.25, 0.3) is 0 Å². The third-order valence-corrected chi connectivity index (χ3v) is 5.34. The summed E-state index contributed by atoms with van der Waals surface area (Å²) >= 11 is 0. The average molecular weight is 301 g/mol. The summed E-state index contributed by atoms with van der Waals surface area (Å²) in [5, 5.41) is 9.33. The summed E-state index contributed by atoms with van der Waals surface area (Å²) in [7, 11) is 3.28. The van der Waals surface area contributed by atoms with E-state index in [2.05, 4.69) is 29.7 Å². The quantitative estimate of drug-likeness (QED) is 0.581. The third-order valence-electron chi connectivity index (χ3n) is 5.34. The summed E-state index contributed by atoms with van der Waals surface area (Å²) in [5.74, 6) is 0.111. The molecule has 5 heteroatoms. The number of hydrogen-bond donors (Lipinski definition) is 0. The van der Waals surface area contributed by atoms with Gasteiger partial charge in [0, 0.05) is 24.0 Å². The van der Waals surface area contributed by atoms with Crippen molar-refractivity contribution >= 4 is 18.4 Å². The molecule has 0 amide bonds. The van der Waals surface area contributed by atoms with Gasteiger partial charge in [0.1, 0.15) is 5.92 Å². The highest BCUT2D eigenvalue weighted by Crippen LogP contribution is 2.55. The van der Waals surface area contributed by atoms with Crippen LogP contribution in [0.5, 0.6) is 0 Å². The van der Waals surface area contributed by atoms with E-state index in [1.54, 1.807) is 14.2 Å². The summed E-state index contributed by atoms with van der Waals surface area (Å²) in [6.45, 7) is 7.76. The van der Waals surface area contributed by atoms with Crippen LogP contribution in [0, 0.1) is 34.5 Å². The van der Waals surface area contributed by atoms with Gasteiger partial charge >= 0.3 is 0 Å². The fourth-order valence-electron chi connectivity index (χ4n) is 4.29. The number of carbonyl (C=O) groups excluding carboxylic acids is 1. The van der Waals surface area contributed by atoms with E-state index < -0.39 is 5.92 Å². The van der Waals surface area contributed by atoms with E-state index in [-0.39, 0.29) is 23.0 Å². The van der Waals surface area contributed by atoms with Gasteiger partial charge in [0.15, 0.2) is 5.78 Å². The second kappa shape index (κ2) is 6.04. The van der Waals surface area contributed by atoms with Crippen LogP contribution in [-0.2, 0) is 9.53 Å². The third kappa shape index (κ3) is 2.27. The van der Waals surface area contributed by atoms with Crippen molar-refractivity contribution in [3.63, 3.8) is 0 Å². The van der Waals surface area contributed by atoms with Crippen molar-refractivity contribution in [2.45, 2.75) is 33.1 Å². The van der Waals surface area contributed by atoms with E-state index in [0.717, 1.165) is 24.1 Å². The largest absolute Gasteiger partial charge is 0.481 e. The number of ketones is 1. The van der Waals surface area contributed by atoms with Gasteiger partial charge < -0.3 is 4.74 Å². The molecule has 0 saturated heterocycles. The minimum Gasteiger partial charge on any atom is -0.481 e. The maximum atomic E-state index is 12.3. The van der Waals surface area contributed by atoms with Gasteiger partial charge in [-0.1, -0.05) is 13.8 Å². The topological polar surface area (TPSA) is 74.8 Å². The molecule has 2 rings (SSSR count). The molecule has 1 fully saturated rings. The number of nitriles is 1. The molecule has 0 radical (unpaired) electrons. The van der Waals surface area contributed by atoms with Crippen molar-refractivity contribution in [3.05, 3.63) is 11.3 Å². The number of hydrogen-bond acceptors (Lipinski definition) is 5. The Balaban J connectivity index is 2.58. The van der Waals surface area contributed by atoms with Crippen LogP contribution in [0.25, 0.3) is 0 Å². The molecular weight excluding hydrogens is 278 g/mol. The summed E-state index contributed by atoms with van der Waals surface area (Å²) in [4.78, 5) is 20.8. The standard InChI is InChI=1S/C17H23N3O2/c1-10-13-7-6-12(16(20-4)22-5)15(19-3)17(13,2)8-11(9-18)14(10)21/h10-11,13H,3,6-8H2,1-2,4-5H3/b20-16+/t10-,11?,13-,17-/m0/s1. The smallest absolute Gasteiger partial charge is 0.213 e. The molecule has 118 valence electrons. The van der Waals surface area contributed by atoms with E-state index >= 15 is 0 Å². The molecule has 0 spiro atoms. The fraction of sp³-hybridized carbons (Fsp3) is 0.647. The second-order valence-corrected chi connectivity index (χ2v) is 6.36. The molecular formula is C17H23N3O2. The highest BCUT2D eigenvalue weighted by atomic mass is 16.5. The fourth-order valence-corrected chi connectivity index (χ4v) is 4.29. The lowest BCUT2D eigenvalue weighted by Gasteiger charge is -2.49. The minimum atomic E-state index is -0.572. The molecule has 0 N–H and O–H groups in total. The van der Waals surface area contributed by atoms with Crippen molar-refractivity contribution in [1.82, 2.24) is 0 Å². The van der Waals surface area contributed by atoms with Crippen molar-refractivity contribution in [2.24, 2.45) is 33.2 Å². The number of carbonyl (C=O) groups is 1. The maximum absolute atomic E-state index is 12.3. The highest BCUT2D eigenvalue weighted by Gasteiger charge is 2.53. The Hall–Kier alpha value is -1.96. The van der Waals surface area contributed by atoms with Gasteiger partial charge in [-0.05, 0) is 31.9 Å². The molecule has 0 aromatic rings. The van der Waals surface area contributed by atoms with E-state index in [9.17, 15) is 10.1 Å². The number of nitrogens with zero attached hydrogens (tertiary/aromatic N) is 3. The molecule has 0 bridgehead atoms. The highest BCUT2D eigenvalue weighted by molar-refractivity contribution is 5.95. The van der Waals surface area contributed by atoms with Crippen LogP contribution in [-0.4, -0.2) is 32.6 Å². The summed E-state index contributed by atoms with van der Waals surface area (Å²) in [6, 6.07) is 2.16. The summed E-state index contributed by atoms with van der Waals surface area (Å²) < 4.78 is 5.37. The van der Waals surface area contributed by atoms with Crippen LogP contribution in [0.4, 0.5) is 0 Å². The van der Waals surface area contributed by atoms with Gasteiger partial charge in [-0.3, -0.25) is 14.8 Å². The van der Waals surface area contributed by atoms with Crippen LogP contribution >= 0.6 is 0 Å². The number of rotatable bonds is 2. The Bertz CT molecular complexity index is 600. The molecule has 1 saturated carbocycles. The van der Waals surface area contributed by atoms with Crippen LogP contribution in [0.2, 0.25) is 0 Å². The molecule has 22 heavy (non-hydrogen) atoms. The number of allylic oxidation sites excluding steroid dienone is 1. The molecule has 1 unspecified atom stereocenters.